The van der Waals surface area contributed by atoms with E-state index in [-0.39, 0.29) is 29.9 Å². The van der Waals surface area contributed by atoms with E-state index in [4.69, 9.17) is 30.8 Å². The largest absolute Gasteiger partial charge is 0.496 e. The van der Waals surface area contributed by atoms with Gasteiger partial charge in [-0.2, -0.15) is 13.2 Å². The van der Waals surface area contributed by atoms with Crippen molar-refractivity contribution in [3.05, 3.63) is 93.5 Å². The van der Waals surface area contributed by atoms with Crippen molar-refractivity contribution >= 4 is 23.4 Å². The number of ether oxygens (including phenoxy) is 3. The fourth-order valence-electron chi connectivity index (χ4n) is 7.35. The summed E-state index contributed by atoms with van der Waals surface area (Å²) in [6.45, 7) is 4.36. The van der Waals surface area contributed by atoms with Crippen LogP contribution in [0.4, 0.5) is 13.2 Å². The fraction of sp³-hybridized carbons (Fsp3) is 0.405. The molecule has 2 aliphatic carbocycles. The lowest BCUT2D eigenvalue weighted by Gasteiger charge is -2.23. The lowest BCUT2D eigenvalue weighted by atomic mass is 9.86. The first-order chi connectivity index (χ1) is 25.7. The van der Waals surface area contributed by atoms with E-state index in [1.807, 2.05) is 48.5 Å². The number of ketones is 1. The minimum absolute atomic E-state index is 0.0787. The van der Waals surface area contributed by atoms with Crippen LogP contribution in [0, 0.1) is 11.3 Å². The zero-order valence-electron chi connectivity index (χ0n) is 30.7. The molecule has 1 heterocycles. The second-order valence-corrected chi connectivity index (χ2v) is 15.1. The molecule has 8 nitrogen and oxygen atoms in total. The number of benzene rings is 3. The summed E-state index contributed by atoms with van der Waals surface area (Å²) in [6, 6.07) is 17.5. The first-order valence-electron chi connectivity index (χ1n) is 18.1. The Morgan fingerprint density at radius 2 is 1.69 bits per heavy atom. The number of carboxylic acid groups (broad SMARTS) is 1. The third-order valence-corrected chi connectivity index (χ3v) is 11.0. The Balaban J connectivity index is 1.25. The van der Waals surface area contributed by atoms with Crippen LogP contribution in [0.2, 0.25) is 5.02 Å². The number of pyridine rings is 1. The molecular weight excluding hydrogens is 721 g/mol. The van der Waals surface area contributed by atoms with Gasteiger partial charge in [-0.1, -0.05) is 54.1 Å². The number of Topliss-reactive ketones (excluding diaryl/α,β-unsaturated/α-hetero) is 1. The Morgan fingerprint density at radius 1 is 0.944 bits per heavy atom. The molecule has 0 unspecified atom stereocenters. The number of carbonyl (C=O) groups excluding carboxylic acids is 1. The highest BCUT2D eigenvalue weighted by Gasteiger charge is 2.38. The highest BCUT2D eigenvalue weighted by molar-refractivity contribution is 6.36. The van der Waals surface area contributed by atoms with Crippen LogP contribution in [-0.2, 0) is 35.2 Å². The Morgan fingerprint density at radius 3 is 2.37 bits per heavy atom. The molecule has 2 N–H and O–H groups in total. The van der Waals surface area contributed by atoms with Gasteiger partial charge in [0.05, 0.1) is 35.9 Å². The average Bonchev–Trinajstić information content (AvgIpc) is 3.75. The number of hydrogen-bond donors (Lipinski definition) is 2. The summed E-state index contributed by atoms with van der Waals surface area (Å²) in [7, 11) is 2.94. The number of methoxy groups -OCH3 is 2. The van der Waals surface area contributed by atoms with Crippen molar-refractivity contribution in [2.24, 2.45) is 11.3 Å². The van der Waals surface area contributed by atoms with E-state index in [1.165, 1.54) is 27.0 Å². The van der Waals surface area contributed by atoms with Crippen molar-refractivity contribution in [1.82, 2.24) is 10.3 Å². The van der Waals surface area contributed by atoms with Crippen molar-refractivity contribution in [3.63, 3.8) is 0 Å². The van der Waals surface area contributed by atoms with Gasteiger partial charge in [-0.3, -0.25) is 9.59 Å². The minimum Gasteiger partial charge on any atom is -0.496 e. The first kappa shape index (κ1) is 39.1. The molecule has 2 aliphatic rings. The van der Waals surface area contributed by atoms with Crippen molar-refractivity contribution in [3.8, 4) is 39.8 Å². The Bertz CT molecular complexity index is 2050. The molecule has 2 atom stereocenters. The summed E-state index contributed by atoms with van der Waals surface area (Å²) >= 11 is 7.12. The minimum atomic E-state index is -4.72. The molecule has 3 aromatic carbocycles. The van der Waals surface area contributed by atoms with Gasteiger partial charge in [0.1, 0.15) is 23.4 Å². The van der Waals surface area contributed by atoms with Gasteiger partial charge < -0.3 is 24.6 Å². The van der Waals surface area contributed by atoms with Crippen molar-refractivity contribution in [1.29, 1.82) is 0 Å². The first-order valence-corrected chi connectivity index (χ1v) is 18.4. The van der Waals surface area contributed by atoms with Crippen LogP contribution in [-0.4, -0.2) is 42.6 Å². The van der Waals surface area contributed by atoms with Gasteiger partial charge in [0.25, 0.3) is 0 Å². The van der Waals surface area contributed by atoms with Crippen LogP contribution in [0.3, 0.4) is 0 Å². The molecule has 4 aromatic rings. The van der Waals surface area contributed by atoms with Gasteiger partial charge in [-0.05, 0) is 92.8 Å². The zero-order valence-corrected chi connectivity index (χ0v) is 31.5. The maximum atomic E-state index is 14.5. The number of halogens is 4. The topological polar surface area (TPSA) is 107 Å². The number of fused-ring (bicyclic) bond motifs is 1. The quantitative estimate of drug-likeness (QED) is 0.131. The third-order valence-electron chi connectivity index (χ3n) is 10.6. The number of aliphatic carboxylic acids is 1. The number of aryl methyl sites for hydroxylation is 1. The molecule has 1 aromatic heterocycles. The number of rotatable bonds is 14. The number of alkyl halides is 3. The Labute approximate surface area is 318 Å². The summed E-state index contributed by atoms with van der Waals surface area (Å²) in [5, 5.41) is 13.4. The lowest BCUT2D eigenvalue weighted by Crippen LogP contribution is -2.24. The van der Waals surface area contributed by atoms with Crippen LogP contribution in [0.1, 0.15) is 79.9 Å². The number of nitrogens with zero attached hydrogens (tertiary/aromatic N) is 1. The van der Waals surface area contributed by atoms with Crippen LogP contribution in [0.15, 0.2) is 60.7 Å². The standard InChI is InChI=1S/C42H44ClF3N2O6/c1-41(2,40(50)51)18-17-25-20-33(42(44,45)46)37(21-36(25)52-3)54-35-16-14-29-28(7-5-8-30(29)35)31-9-6-10-32(38(31)43)34-15-12-26(39(48-34)53-4)23-47-22-24-11-13-27(49)19-24/h5-10,12,15,20-21,24,35,47H,11,13-14,16-19,22-23H2,1-4H3,(H,50,51)/t24-,35+/m1/s1. The maximum absolute atomic E-state index is 14.5. The normalized spacial score (nSPS) is 17.1. The van der Waals surface area contributed by atoms with Crippen molar-refractivity contribution < 1.29 is 42.1 Å². The van der Waals surface area contributed by atoms with E-state index < -0.39 is 29.2 Å². The van der Waals surface area contributed by atoms with E-state index in [0.29, 0.717) is 66.1 Å². The van der Waals surface area contributed by atoms with Gasteiger partial charge in [0, 0.05) is 42.1 Å². The van der Waals surface area contributed by atoms with Gasteiger partial charge in [-0.15, -0.1) is 0 Å². The van der Waals surface area contributed by atoms with E-state index in [9.17, 15) is 27.9 Å². The predicted molar refractivity (Wildman–Crippen MR) is 200 cm³/mol. The molecule has 0 spiro atoms. The van der Waals surface area contributed by atoms with E-state index in [1.54, 1.807) is 7.11 Å². The van der Waals surface area contributed by atoms with Gasteiger partial charge in [-0.25, -0.2) is 4.98 Å². The van der Waals surface area contributed by atoms with Gasteiger partial charge in [0.2, 0.25) is 5.88 Å². The smallest absolute Gasteiger partial charge is 0.419 e. The van der Waals surface area contributed by atoms with Crippen LogP contribution in [0.5, 0.6) is 17.4 Å². The fourth-order valence-corrected chi connectivity index (χ4v) is 7.68. The summed E-state index contributed by atoms with van der Waals surface area (Å²) in [5.74, 6) is -0.0477. The lowest BCUT2D eigenvalue weighted by molar-refractivity contribution is -0.147. The van der Waals surface area contributed by atoms with Gasteiger partial charge >= 0.3 is 12.1 Å². The second kappa shape index (κ2) is 16.0. The summed E-state index contributed by atoms with van der Waals surface area (Å²) in [5.41, 5.74) is 3.72. The van der Waals surface area contributed by atoms with Crippen LogP contribution >= 0.6 is 11.6 Å². The van der Waals surface area contributed by atoms with Crippen LogP contribution < -0.4 is 19.5 Å². The van der Waals surface area contributed by atoms with E-state index in [2.05, 4.69) is 5.32 Å². The molecule has 54 heavy (non-hydrogen) atoms. The Kier molecular flexibility index (Phi) is 11.6. The number of nitrogens with one attached hydrogen (secondary N) is 1. The average molecular weight is 765 g/mol. The second-order valence-electron chi connectivity index (χ2n) is 14.7. The molecule has 1 fully saturated rings. The molecule has 0 amide bonds. The predicted octanol–water partition coefficient (Wildman–Crippen LogP) is 9.67. The molecule has 0 saturated heterocycles. The highest BCUT2D eigenvalue weighted by atomic mass is 35.5. The van der Waals surface area contributed by atoms with Crippen LogP contribution in [0.25, 0.3) is 22.4 Å². The molecule has 0 aliphatic heterocycles. The summed E-state index contributed by atoms with van der Waals surface area (Å²) < 4.78 is 60.8. The zero-order chi connectivity index (χ0) is 38.8. The number of hydrogen-bond acceptors (Lipinski definition) is 7. The van der Waals surface area contributed by atoms with Crippen molar-refractivity contribution in [2.45, 2.75) is 77.6 Å². The molecular formula is C42H44ClF3N2O6. The van der Waals surface area contributed by atoms with Crippen molar-refractivity contribution in [2.75, 3.05) is 20.8 Å². The third kappa shape index (κ3) is 8.37. The SMILES string of the molecule is COc1cc(O[C@H]2CCc3c(-c4cccc(-c5ccc(CNC[C@@H]6CCC(=O)C6)c(OC)n5)c4Cl)cccc32)c(C(F)(F)F)cc1CCC(C)(C)C(=O)O. The molecule has 286 valence electrons. The molecule has 6 rings (SSSR count). The Hall–Kier alpha value is -4.61. The maximum Gasteiger partial charge on any atom is 0.419 e. The van der Waals surface area contributed by atoms with E-state index in [0.717, 1.165) is 46.8 Å². The highest BCUT2D eigenvalue weighted by Crippen LogP contribution is 2.47. The number of aromatic nitrogens is 1. The number of carboxylic acids is 1. The molecule has 0 bridgehead atoms. The van der Waals surface area contributed by atoms with Gasteiger partial charge in [0.15, 0.2) is 0 Å². The molecule has 12 heteroatoms. The van der Waals surface area contributed by atoms with E-state index >= 15 is 0 Å². The summed E-state index contributed by atoms with van der Waals surface area (Å²) in [6.07, 6.45) is -2.00. The molecule has 0 radical (unpaired) electrons. The molecule has 1 saturated carbocycles. The monoisotopic (exact) mass is 764 g/mol. The summed E-state index contributed by atoms with van der Waals surface area (Å²) in [4.78, 5) is 28.1. The number of carbonyl (C=O) groups is 2.